The largest absolute Gasteiger partial charge is 0.507 e. The van der Waals surface area contributed by atoms with Crippen LogP contribution < -0.4 is 5.43 Å². The van der Waals surface area contributed by atoms with Gasteiger partial charge >= 0.3 is 5.91 Å². The Morgan fingerprint density at radius 2 is 2.08 bits per heavy atom. The van der Waals surface area contributed by atoms with Gasteiger partial charge in [-0.15, -0.1) is 0 Å². The molecule has 3 aromatic rings. The van der Waals surface area contributed by atoms with Gasteiger partial charge in [-0.1, -0.05) is 0 Å². The lowest BCUT2D eigenvalue weighted by molar-refractivity contribution is -0.384. The molecule has 0 saturated carbocycles. The molecule has 0 spiro atoms. The summed E-state index contributed by atoms with van der Waals surface area (Å²) in [5, 5.41) is 24.5. The number of nitrogens with zero attached hydrogens (tertiary/aromatic N) is 2. The maximum absolute atomic E-state index is 12.1. The van der Waals surface area contributed by atoms with Gasteiger partial charge < -0.3 is 9.52 Å². The second-order valence-corrected chi connectivity index (χ2v) is 6.16. The minimum atomic E-state index is -0.580. The molecule has 25 heavy (non-hydrogen) atoms. The number of phenols is 1. The molecule has 8 nitrogen and oxygen atoms in total. The summed E-state index contributed by atoms with van der Waals surface area (Å²) in [7, 11) is 0. The summed E-state index contributed by atoms with van der Waals surface area (Å²) in [5.74, 6) is -0.422. The Hall–Kier alpha value is -2.95. The van der Waals surface area contributed by atoms with Crippen LogP contribution in [0, 0.1) is 13.7 Å². The molecule has 126 valence electrons. The second-order valence-electron chi connectivity index (χ2n) is 5.00. The van der Waals surface area contributed by atoms with Crippen LogP contribution in [0.25, 0.3) is 11.0 Å². The number of non-ortho nitro benzene ring substituents is 1. The van der Waals surface area contributed by atoms with Crippen LogP contribution in [-0.2, 0) is 0 Å². The van der Waals surface area contributed by atoms with Crippen molar-refractivity contribution in [1.82, 2.24) is 5.43 Å². The van der Waals surface area contributed by atoms with Gasteiger partial charge in [-0.05, 0) is 58.5 Å². The Morgan fingerprint density at radius 1 is 1.28 bits per heavy atom. The van der Waals surface area contributed by atoms with E-state index in [1.165, 1.54) is 36.5 Å². The van der Waals surface area contributed by atoms with Crippen LogP contribution in [0.3, 0.4) is 0 Å². The van der Waals surface area contributed by atoms with Gasteiger partial charge in [-0.3, -0.25) is 14.9 Å². The molecule has 1 aromatic heterocycles. The minimum absolute atomic E-state index is 0.00654. The molecule has 0 fully saturated rings. The third-order valence-corrected chi connectivity index (χ3v) is 4.15. The Kier molecular flexibility index (Phi) is 4.65. The monoisotopic (exact) mass is 451 g/mol. The maximum Gasteiger partial charge on any atom is 0.307 e. The van der Waals surface area contributed by atoms with Crippen LogP contribution in [0.5, 0.6) is 5.75 Å². The van der Waals surface area contributed by atoms with Crippen molar-refractivity contribution in [2.45, 2.75) is 0 Å². The average Bonchev–Trinajstić information content (AvgIpc) is 3.01. The summed E-state index contributed by atoms with van der Waals surface area (Å²) in [5.41, 5.74) is 3.30. The third-order valence-electron chi connectivity index (χ3n) is 3.29. The van der Waals surface area contributed by atoms with Gasteiger partial charge in [0.2, 0.25) is 0 Å². The number of nitrogens with one attached hydrogen (secondary N) is 1. The molecule has 1 amide bonds. The number of benzene rings is 2. The number of hydrogen-bond acceptors (Lipinski definition) is 6. The van der Waals surface area contributed by atoms with Crippen molar-refractivity contribution in [1.29, 1.82) is 0 Å². The number of hydrazone groups is 1. The van der Waals surface area contributed by atoms with Crippen molar-refractivity contribution >= 4 is 51.4 Å². The Morgan fingerprint density at radius 3 is 2.80 bits per heavy atom. The van der Waals surface area contributed by atoms with Crippen LogP contribution in [0.15, 0.2) is 52.0 Å². The molecule has 0 aliphatic carbocycles. The first-order chi connectivity index (χ1) is 11.9. The number of aromatic hydroxyl groups is 1. The van der Waals surface area contributed by atoms with Crippen molar-refractivity contribution in [3.05, 3.63) is 67.5 Å². The number of furan rings is 1. The molecule has 0 saturated heterocycles. The third kappa shape index (κ3) is 3.76. The van der Waals surface area contributed by atoms with E-state index in [4.69, 9.17) is 4.42 Å². The van der Waals surface area contributed by atoms with Crippen molar-refractivity contribution in [2.75, 3.05) is 0 Å². The predicted octanol–water partition coefficient (Wildman–Crippen LogP) is 3.42. The summed E-state index contributed by atoms with van der Waals surface area (Å²) < 4.78 is 6.02. The van der Waals surface area contributed by atoms with Gasteiger partial charge in [0, 0.05) is 17.5 Å². The van der Waals surface area contributed by atoms with E-state index < -0.39 is 10.8 Å². The van der Waals surface area contributed by atoms with Crippen molar-refractivity contribution in [3.8, 4) is 5.75 Å². The number of nitro benzene ring substituents is 1. The van der Waals surface area contributed by atoms with Crippen molar-refractivity contribution < 1.29 is 19.2 Å². The summed E-state index contributed by atoms with van der Waals surface area (Å²) in [4.78, 5) is 22.3. The van der Waals surface area contributed by atoms with Crippen LogP contribution in [0.4, 0.5) is 5.69 Å². The highest BCUT2D eigenvalue weighted by Crippen LogP contribution is 2.24. The smallest absolute Gasteiger partial charge is 0.307 e. The minimum Gasteiger partial charge on any atom is -0.507 e. The number of nitro groups is 1. The number of halogens is 1. The van der Waals surface area contributed by atoms with Crippen LogP contribution >= 0.6 is 22.6 Å². The number of carbonyl (C=O) groups is 1. The summed E-state index contributed by atoms with van der Waals surface area (Å²) in [6, 6.07) is 10.4. The van der Waals surface area contributed by atoms with Crippen LogP contribution in [0.1, 0.15) is 16.1 Å². The number of hydrogen-bond donors (Lipinski definition) is 2. The highest BCUT2D eigenvalue weighted by atomic mass is 127. The van der Waals surface area contributed by atoms with E-state index in [0.29, 0.717) is 20.1 Å². The Bertz CT molecular complexity index is 1010. The zero-order valence-electron chi connectivity index (χ0n) is 12.5. The quantitative estimate of drug-likeness (QED) is 0.273. The van der Waals surface area contributed by atoms with Crippen molar-refractivity contribution in [3.63, 3.8) is 0 Å². The SMILES string of the molecule is O=C(N/N=C\c1ccc(O)c(I)c1)c1cc2cc([N+](=O)[O-])ccc2o1. The molecule has 0 unspecified atom stereocenters. The number of amides is 1. The highest BCUT2D eigenvalue weighted by Gasteiger charge is 2.14. The molecule has 0 aliphatic rings. The average molecular weight is 451 g/mol. The van der Waals surface area contributed by atoms with Gasteiger partial charge in [0.1, 0.15) is 11.3 Å². The van der Waals surface area contributed by atoms with Gasteiger partial charge in [-0.25, -0.2) is 5.43 Å². The van der Waals surface area contributed by atoms with Crippen LogP contribution in [-0.4, -0.2) is 22.2 Å². The summed E-state index contributed by atoms with van der Waals surface area (Å²) in [6.07, 6.45) is 1.42. The molecular formula is C16H10IN3O5. The molecule has 0 atom stereocenters. The highest BCUT2D eigenvalue weighted by molar-refractivity contribution is 14.1. The Labute approximate surface area is 154 Å². The van der Waals surface area contributed by atoms with E-state index in [1.807, 2.05) is 22.6 Å². The molecular weight excluding hydrogens is 441 g/mol. The van der Waals surface area contributed by atoms with Gasteiger partial charge in [0.05, 0.1) is 14.7 Å². The zero-order chi connectivity index (χ0) is 18.0. The molecule has 3 rings (SSSR count). The summed E-state index contributed by atoms with van der Waals surface area (Å²) in [6.45, 7) is 0. The lowest BCUT2D eigenvalue weighted by atomic mass is 10.2. The first-order valence-corrected chi connectivity index (χ1v) is 8.02. The fourth-order valence-corrected chi connectivity index (χ4v) is 2.62. The van der Waals surface area contributed by atoms with E-state index in [2.05, 4.69) is 10.5 Å². The number of phenolic OH excluding ortho intramolecular Hbond substituents is 1. The van der Waals surface area contributed by atoms with E-state index in [-0.39, 0.29) is 17.2 Å². The normalized spacial score (nSPS) is 11.1. The standard InChI is InChI=1S/C16H10IN3O5/c17-12-5-9(1-3-13(12)21)8-18-19-16(22)15-7-10-6-11(20(23)24)2-4-14(10)25-15/h1-8,21H,(H,19,22)/b18-8-. The molecule has 2 aromatic carbocycles. The van der Waals surface area contributed by atoms with Gasteiger partial charge in [-0.2, -0.15) is 5.10 Å². The fourth-order valence-electron chi connectivity index (χ4n) is 2.08. The van der Waals surface area contributed by atoms with Crippen molar-refractivity contribution in [2.24, 2.45) is 5.10 Å². The zero-order valence-corrected chi connectivity index (χ0v) is 14.6. The van der Waals surface area contributed by atoms with Gasteiger partial charge in [0.15, 0.2) is 5.76 Å². The first-order valence-electron chi connectivity index (χ1n) is 6.94. The molecule has 9 heteroatoms. The molecule has 0 aliphatic heterocycles. The molecule has 2 N–H and O–H groups in total. The summed E-state index contributed by atoms with van der Waals surface area (Å²) >= 11 is 1.98. The second kappa shape index (κ2) is 6.89. The van der Waals surface area contributed by atoms with E-state index >= 15 is 0 Å². The number of rotatable bonds is 4. The van der Waals surface area contributed by atoms with E-state index in [9.17, 15) is 20.0 Å². The topological polar surface area (TPSA) is 118 Å². The molecule has 0 radical (unpaired) electrons. The maximum atomic E-state index is 12.1. The first kappa shape index (κ1) is 16.9. The lowest BCUT2D eigenvalue weighted by Crippen LogP contribution is -2.16. The molecule has 0 bridgehead atoms. The van der Waals surface area contributed by atoms with Gasteiger partial charge in [0.25, 0.3) is 5.69 Å². The Balaban J connectivity index is 1.74. The van der Waals surface area contributed by atoms with E-state index in [0.717, 1.165) is 0 Å². The number of fused-ring (bicyclic) bond motifs is 1. The molecule has 1 heterocycles. The number of carbonyl (C=O) groups excluding carboxylic acids is 1. The lowest BCUT2D eigenvalue weighted by Gasteiger charge is -1.98. The fraction of sp³-hybridized carbons (Fsp3) is 0. The predicted molar refractivity (Wildman–Crippen MR) is 98.8 cm³/mol. The van der Waals surface area contributed by atoms with E-state index in [1.54, 1.807) is 12.1 Å². The van der Waals surface area contributed by atoms with Crippen LogP contribution in [0.2, 0.25) is 0 Å².